The number of hydrogen-bond acceptors (Lipinski definition) is 2. The van der Waals surface area contributed by atoms with E-state index in [-0.39, 0.29) is 11.4 Å². The Morgan fingerprint density at radius 1 is 1.54 bits per heavy atom. The Labute approximate surface area is 80.3 Å². The molecule has 0 bridgehead atoms. The van der Waals surface area contributed by atoms with Crippen molar-refractivity contribution in [3.8, 4) is 0 Å². The van der Waals surface area contributed by atoms with Crippen molar-refractivity contribution in [1.82, 2.24) is 10.6 Å². The Morgan fingerprint density at radius 3 is 2.62 bits per heavy atom. The molecule has 3 heteroatoms. The fourth-order valence-corrected chi connectivity index (χ4v) is 1.09. The molecule has 1 aliphatic rings. The van der Waals surface area contributed by atoms with Gasteiger partial charge in [0.15, 0.2) is 0 Å². The first-order valence-electron chi connectivity index (χ1n) is 5.10. The van der Waals surface area contributed by atoms with E-state index >= 15 is 0 Å². The van der Waals surface area contributed by atoms with E-state index < -0.39 is 0 Å². The molecule has 1 saturated carbocycles. The van der Waals surface area contributed by atoms with Crippen LogP contribution in [0.5, 0.6) is 0 Å². The normalized spacial score (nSPS) is 20.8. The molecular formula is C10H20N2O. The van der Waals surface area contributed by atoms with E-state index in [0.717, 1.165) is 6.42 Å². The van der Waals surface area contributed by atoms with Gasteiger partial charge in [-0.1, -0.05) is 6.92 Å². The Hall–Kier alpha value is -0.570. The maximum absolute atomic E-state index is 11.3. The summed E-state index contributed by atoms with van der Waals surface area (Å²) in [7, 11) is 0. The average molecular weight is 184 g/mol. The standard InChI is InChI=1S/C10H20N2O/c1-4-8(2)12-9(13)7-11-10(3)5-6-10/h8,11H,4-7H2,1-3H3,(H,12,13). The smallest absolute Gasteiger partial charge is 0.234 e. The van der Waals surface area contributed by atoms with Gasteiger partial charge in [0.25, 0.3) is 0 Å². The highest BCUT2D eigenvalue weighted by atomic mass is 16.1. The summed E-state index contributed by atoms with van der Waals surface area (Å²) in [5, 5.41) is 6.18. The van der Waals surface area contributed by atoms with Crippen LogP contribution in [0.25, 0.3) is 0 Å². The van der Waals surface area contributed by atoms with E-state index in [4.69, 9.17) is 0 Å². The first-order valence-corrected chi connectivity index (χ1v) is 5.10. The van der Waals surface area contributed by atoms with Crippen LogP contribution in [0, 0.1) is 0 Å². The van der Waals surface area contributed by atoms with Crippen molar-refractivity contribution in [2.24, 2.45) is 0 Å². The highest BCUT2D eigenvalue weighted by Gasteiger charge is 2.36. The van der Waals surface area contributed by atoms with Gasteiger partial charge in [-0.05, 0) is 33.1 Å². The van der Waals surface area contributed by atoms with Crippen molar-refractivity contribution in [3.05, 3.63) is 0 Å². The minimum atomic E-state index is 0.113. The molecule has 3 nitrogen and oxygen atoms in total. The Balaban J connectivity index is 2.10. The molecule has 1 rings (SSSR count). The van der Waals surface area contributed by atoms with E-state index in [1.165, 1.54) is 12.8 Å². The molecule has 0 saturated heterocycles. The SMILES string of the molecule is CCC(C)NC(=O)CNC1(C)CC1. The van der Waals surface area contributed by atoms with Crippen molar-refractivity contribution in [1.29, 1.82) is 0 Å². The van der Waals surface area contributed by atoms with Crippen LogP contribution in [0.2, 0.25) is 0 Å². The van der Waals surface area contributed by atoms with Crippen molar-refractivity contribution in [2.75, 3.05) is 6.54 Å². The molecule has 76 valence electrons. The zero-order chi connectivity index (χ0) is 9.90. The van der Waals surface area contributed by atoms with E-state index in [2.05, 4.69) is 24.5 Å². The molecule has 0 heterocycles. The number of hydrogen-bond donors (Lipinski definition) is 2. The van der Waals surface area contributed by atoms with E-state index in [0.29, 0.717) is 12.6 Å². The fourth-order valence-electron chi connectivity index (χ4n) is 1.09. The molecule has 1 unspecified atom stereocenters. The van der Waals surface area contributed by atoms with Gasteiger partial charge >= 0.3 is 0 Å². The van der Waals surface area contributed by atoms with Gasteiger partial charge in [-0.3, -0.25) is 4.79 Å². The summed E-state index contributed by atoms with van der Waals surface area (Å²) in [6, 6.07) is 0.293. The Bertz CT molecular complexity index is 187. The van der Waals surface area contributed by atoms with Gasteiger partial charge in [-0.25, -0.2) is 0 Å². The zero-order valence-electron chi connectivity index (χ0n) is 8.81. The average Bonchev–Trinajstić information content (AvgIpc) is 2.81. The largest absolute Gasteiger partial charge is 0.353 e. The first kappa shape index (κ1) is 10.5. The molecule has 0 aromatic heterocycles. The maximum Gasteiger partial charge on any atom is 0.234 e. The van der Waals surface area contributed by atoms with Crippen molar-refractivity contribution in [2.45, 2.75) is 51.6 Å². The molecule has 0 spiro atoms. The minimum absolute atomic E-state index is 0.113. The molecule has 13 heavy (non-hydrogen) atoms. The zero-order valence-corrected chi connectivity index (χ0v) is 8.81. The lowest BCUT2D eigenvalue weighted by atomic mass is 10.2. The van der Waals surface area contributed by atoms with Crippen molar-refractivity contribution < 1.29 is 4.79 Å². The predicted molar refractivity (Wildman–Crippen MR) is 53.5 cm³/mol. The second-order valence-corrected chi connectivity index (χ2v) is 4.29. The maximum atomic E-state index is 11.3. The van der Waals surface area contributed by atoms with Gasteiger partial charge in [0, 0.05) is 11.6 Å². The summed E-state index contributed by atoms with van der Waals surface area (Å²) in [4.78, 5) is 11.3. The van der Waals surface area contributed by atoms with Crippen molar-refractivity contribution in [3.63, 3.8) is 0 Å². The summed E-state index contributed by atoms with van der Waals surface area (Å²) < 4.78 is 0. The second kappa shape index (κ2) is 4.09. The Kier molecular flexibility index (Phi) is 3.31. The number of amides is 1. The highest BCUT2D eigenvalue weighted by molar-refractivity contribution is 5.78. The summed E-state index contributed by atoms with van der Waals surface area (Å²) >= 11 is 0. The lowest BCUT2D eigenvalue weighted by Crippen LogP contribution is -2.42. The molecule has 1 fully saturated rings. The van der Waals surface area contributed by atoms with Crippen LogP contribution in [-0.2, 0) is 4.79 Å². The fraction of sp³-hybridized carbons (Fsp3) is 0.900. The van der Waals surface area contributed by atoms with Crippen molar-refractivity contribution >= 4 is 5.91 Å². The molecule has 0 aliphatic heterocycles. The number of carbonyl (C=O) groups excluding carboxylic acids is 1. The molecular weight excluding hydrogens is 164 g/mol. The van der Waals surface area contributed by atoms with Gasteiger partial charge in [0.2, 0.25) is 5.91 Å². The predicted octanol–water partition coefficient (Wildman–Crippen LogP) is 1.04. The third-order valence-electron chi connectivity index (χ3n) is 2.70. The van der Waals surface area contributed by atoms with E-state index in [1.807, 2.05) is 6.92 Å². The molecule has 1 amide bonds. The Morgan fingerprint density at radius 2 is 2.15 bits per heavy atom. The summed E-state index contributed by atoms with van der Waals surface area (Å²) in [6.07, 6.45) is 3.39. The summed E-state index contributed by atoms with van der Waals surface area (Å²) in [5.41, 5.74) is 0.257. The number of rotatable bonds is 5. The lowest BCUT2D eigenvalue weighted by Gasteiger charge is -2.14. The van der Waals surface area contributed by atoms with Crippen LogP contribution >= 0.6 is 0 Å². The van der Waals surface area contributed by atoms with Crippen LogP contribution < -0.4 is 10.6 Å². The molecule has 1 aliphatic carbocycles. The van der Waals surface area contributed by atoms with Crippen LogP contribution in [0.15, 0.2) is 0 Å². The summed E-state index contributed by atoms with van der Waals surface area (Å²) in [6.45, 7) is 6.71. The first-order chi connectivity index (χ1) is 6.06. The lowest BCUT2D eigenvalue weighted by molar-refractivity contribution is -0.121. The van der Waals surface area contributed by atoms with Gasteiger partial charge < -0.3 is 10.6 Å². The highest BCUT2D eigenvalue weighted by Crippen LogP contribution is 2.33. The van der Waals surface area contributed by atoms with Gasteiger partial charge in [-0.15, -0.1) is 0 Å². The second-order valence-electron chi connectivity index (χ2n) is 4.29. The van der Waals surface area contributed by atoms with E-state index in [1.54, 1.807) is 0 Å². The topological polar surface area (TPSA) is 41.1 Å². The third-order valence-corrected chi connectivity index (χ3v) is 2.70. The van der Waals surface area contributed by atoms with Crippen LogP contribution in [-0.4, -0.2) is 24.0 Å². The number of nitrogens with one attached hydrogen (secondary N) is 2. The van der Waals surface area contributed by atoms with Gasteiger partial charge in [0.05, 0.1) is 6.54 Å². The van der Waals surface area contributed by atoms with E-state index in [9.17, 15) is 4.79 Å². The third kappa shape index (κ3) is 3.77. The molecule has 0 aromatic rings. The quantitative estimate of drug-likeness (QED) is 0.670. The monoisotopic (exact) mass is 184 g/mol. The molecule has 1 atom stereocenters. The molecule has 0 aromatic carbocycles. The van der Waals surface area contributed by atoms with Crippen LogP contribution in [0.4, 0.5) is 0 Å². The molecule has 2 N–H and O–H groups in total. The number of carbonyl (C=O) groups is 1. The summed E-state index contributed by atoms with van der Waals surface area (Å²) in [5.74, 6) is 0.113. The van der Waals surface area contributed by atoms with Crippen LogP contribution in [0.3, 0.4) is 0 Å². The minimum Gasteiger partial charge on any atom is -0.353 e. The van der Waals surface area contributed by atoms with Gasteiger partial charge in [-0.2, -0.15) is 0 Å². The van der Waals surface area contributed by atoms with Crippen LogP contribution in [0.1, 0.15) is 40.0 Å². The van der Waals surface area contributed by atoms with Gasteiger partial charge in [0.1, 0.15) is 0 Å². The molecule has 0 radical (unpaired) electrons.